The largest absolute Gasteiger partial charge is 0.342 e. The van der Waals surface area contributed by atoms with Crippen molar-refractivity contribution >= 4 is 17.5 Å². The third-order valence-corrected chi connectivity index (χ3v) is 4.55. The van der Waals surface area contributed by atoms with Gasteiger partial charge in [-0.2, -0.15) is 0 Å². The highest BCUT2D eigenvalue weighted by molar-refractivity contribution is 5.96. The van der Waals surface area contributed by atoms with Gasteiger partial charge in [-0.15, -0.1) is 0 Å². The fourth-order valence-corrected chi connectivity index (χ4v) is 3.30. The summed E-state index contributed by atoms with van der Waals surface area (Å²) in [5.41, 5.74) is 2.25. The van der Waals surface area contributed by atoms with Gasteiger partial charge >= 0.3 is 0 Å². The Labute approximate surface area is 145 Å². The molecule has 24 heavy (non-hydrogen) atoms. The maximum absolute atomic E-state index is 12.7. The zero-order chi connectivity index (χ0) is 17.7. The number of nitrogens with zero attached hydrogens (tertiary/aromatic N) is 3. The first-order chi connectivity index (χ1) is 11.4. The van der Waals surface area contributed by atoms with Crippen LogP contribution in [0.1, 0.15) is 32.3 Å². The maximum atomic E-state index is 12.7. The molecule has 2 rings (SSSR count). The van der Waals surface area contributed by atoms with E-state index in [1.807, 2.05) is 37.2 Å². The van der Waals surface area contributed by atoms with Crippen molar-refractivity contribution in [2.75, 3.05) is 38.6 Å². The molecule has 5 heteroatoms. The summed E-state index contributed by atoms with van der Waals surface area (Å²) in [5, 5.41) is 0. The molecule has 132 valence electrons. The van der Waals surface area contributed by atoms with Crippen LogP contribution in [0.15, 0.2) is 24.3 Å². The number of hydrogen-bond acceptors (Lipinski definition) is 3. The molecule has 1 aliphatic heterocycles. The Morgan fingerprint density at radius 3 is 2.54 bits per heavy atom. The van der Waals surface area contributed by atoms with Crippen LogP contribution in [0.4, 0.5) is 5.69 Å². The second-order valence-electron chi connectivity index (χ2n) is 6.86. The van der Waals surface area contributed by atoms with E-state index in [9.17, 15) is 9.59 Å². The third-order valence-electron chi connectivity index (χ3n) is 4.55. The van der Waals surface area contributed by atoms with Crippen molar-refractivity contribution in [2.24, 2.45) is 0 Å². The molecular formula is C19H29N3O2. The van der Waals surface area contributed by atoms with Crippen LogP contribution >= 0.6 is 0 Å². The van der Waals surface area contributed by atoms with Crippen LogP contribution in [0.2, 0.25) is 0 Å². The van der Waals surface area contributed by atoms with E-state index < -0.39 is 0 Å². The zero-order valence-electron chi connectivity index (χ0n) is 15.3. The number of rotatable bonds is 7. The van der Waals surface area contributed by atoms with Gasteiger partial charge in [0.05, 0.1) is 0 Å². The summed E-state index contributed by atoms with van der Waals surface area (Å²) in [4.78, 5) is 30.3. The minimum Gasteiger partial charge on any atom is -0.342 e. The van der Waals surface area contributed by atoms with Gasteiger partial charge in [-0.1, -0.05) is 18.2 Å². The van der Waals surface area contributed by atoms with Crippen LogP contribution in [-0.4, -0.2) is 61.4 Å². The molecule has 1 atom stereocenters. The molecule has 0 radical (unpaired) electrons. The first-order valence-electron chi connectivity index (χ1n) is 8.70. The fraction of sp³-hybridized carbons (Fsp3) is 0.579. The van der Waals surface area contributed by atoms with Gasteiger partial charge in [-0.25, -0.2) is 0 Å². The topological polar surface area (TPSA) is 43.9 Å². The minimum absolute atomic E-state index is 0.0384. The molecule has 0 fully saturated rings. The lowest BCUT2D eigenvalue weighted by Crippen LogP contribution is -2.39. The molecule has 0 saturated heterocycles. The van der Waals surface area contributed by atoms with Crippen molar-refractivity contribution in [1.29, 1.82) is 0 Å². The van der Waals surface area contributed by atoms with Crippen molar-refractivity contribution in [3.8, 4) is 0 Å². The van der Waals surface area contributed by atoms with Gasteiger partial charge in [0.1, 0.15) is 0 Å². The number of amides is 2. The normalized spacial score (nSPS) is 16.4. The van der Waals surface area contributed by atoms with E-state index in [1.165, 1.54) is 5.56 Å². The van der Waals surface area contributed by atoms with Gasteiger partial charge in [0, 0.05) is 38.2 Å². The van der Waals surface area contributed by atoms with Gasteiger partial charge in [-0.05, 0) is 52.0 Å². The Kier molecular flexibility index (Phi) is 6.37. The number of carbonyl (C=O) groups is 2. The predicted molar refractivity (Wildman–Crippen MR) is 97.1 cm³/mol. The van der Waals surface area contributed by atoms with Crippen molar-refractivity contribution < 1.29 is 9.59 Å². The lowest BCUT2D eigenvalue weighted by molar-refractivity contribution is -0.129. The number of anilines is 1. The Bertz CT molecular complexity index is 586. The first kappa shape index (κ1) is 18.5. The SMILES string of the molecule is CC(=O)N(CCCN(C)C)CCC(=O)N1c2ccccc2CC1C. The molecule has 0 spiro atoms. The molecule has 5 nitrogen and oxygen atoms in total. The molecule has 2 amide bonds. The van der Waals surface area contributed by atoms with Crippen LogP contribution in [0.25, 0.3) is 0 Å². The molecule has 1 heterocycles. The smallest absolute Gasteiger partial charge is 0.229 e. The van der Waals surface area contributed by atoms with E-state index in [0.717, 1.165) is 25.1 Å². The summed E-state index contributed by atoms with van der Waals surface area (Å²) in [6.45, 7) is 5.79. The Morgan fingerprint density at radius 1 is 1.17 bits per heavy atom. The van der Waals surface area contributed by atoms with E-state index in [4.69, 9.17) is 0 Å². The lowest BCUT2D eigenvalue weighted by atomic mass is 10.1. The molecule has 0 aromatic heterocycles. The number of benzene rings is 1. The summed E-state index contributed by atoms with van der Waals surface area (Å²) < 4.78 is 0. The van der Waals surface area contributed by atoms with Crippen molar-refractivity contribution in [3.63, 3.8) is 0 Å². The molecule has 0 N–H and O–H groups in total. The molecule has 1 unspecified atom stereocenters. The summed E-state index contributed by atoms with van der Waals surface area (Å²) in [7, 11) is 4.04. The van der Waals surface area contributed by atoms with E-state index >= 15 is 0 Å². The van der Waals surface area contributed by atoms with Crippen molar-refractivity contribution in [1.82, 2.24) is 9.80 Å². The standard InChI is InChI=1S/C19H29N3O2/c1-15-14-17-8-5-6-9-18(17)22(15)19(24)10-13-21(16(2)23)12-7-11-20(3)4/h5-6,8-9,15H,7,10-14H2,1-4H3. The highest BCUT2D eigenvalue weighted by Crippen LogP contribution is 2.32. The summed E-state index contributed by atoms with van der Waals surface area (Å²) in [6.07, 6.45) is 2.20. The minimum atomic E-state index is 0.0384. The van der Waals surface area contributed by atoms with Crippen molar-refractivity contribution in [2.45, 2.75) is 39.2 Å². The molecule has 0 aliphatic carbocycles. The van der Waals surface area contributed by atoms with Crippen molar-refractivity contribution in [3.05, 3.63) is 29.8 Å². The predicted octanol–water partition coefficient (Wildman–Crippen LogP) is 2.15. The lowest BCUT2D eigenvalue weighted by Gasteiger charge is -2.26. The Morgan fingerprint density at radius 2 is 1.88 bits per heavy atom. The Hall–Kier alpha value is -1.88. The second-order valence-corrected chi connectivity index (χ2v) is 6.86. The number of para-hydroxylation sites is 1. The highest BCUT2D eigenvalue weighted by Gasteiger charge is 2.30. The van der Waals surface area contributed by atoms with Gasteiger partial charge in [0.2, 0.25) is 11.8 Å². The van der Waals surface area contributed by atoms with Gasteiger partial charge in [-0.3, -0.25) is 9.59 Å². The highest BCUT2D eigenvalue weighted by atomic mass is 16.2. The molecule has 0 bridgehead atoms. The molecule has 1 aliphatic rings. The average molecular weight is 331 g/mol. The van der Waals surface area contributed by atoms with E-state index in [1.54, 1.807) is 11.8 Å². The van der Waals surface area contributed by atoms with Crippen LogP contribution in [0, 0.1) is 0 Å². The van der Waals surface area contributed by atoms with Crippen LogP contribution in [0.3, 0.4) is 0 Å². The number of carbonyl (C=O) groups excluding carboxylic acids is 2. The maximum Gasteiger partial charge on any atom is 0.229 e. The average Bonchev–Trinajstić information content (AvgIpc) is 2.85. The summed E-state index contributed by atoms with van der Waals surface area (Å²) in [5.74, 6) is 0.141. The molecule has 1 aromatic rings. The number of fused-ring (bicyclic) bond motifs is 1. The fourth-order valence-electron chi connectivity index (χ4n) is 3.30. The van der Waals surface area contributed by atoms with E-state index in [2.05, 4.69) is 17.9 Å². The van der Waals surface area contributed by atoms with Crippen LogP contribution in [-0.2, 0) is 16.0 Å². The number of hydrogen-bond donors (Lipinski definition) is 0. The summed E-state index contributed by atoms with van der Waals surface area (Å²) in [6, 6.07) is 8.27. The van der Waals surface area contributed by atoms with Gasteiger partial charge in [0.15, 0.2) is 0 Å². The van der Waals surface area contributed by atoms with E-state index in [-0.39, 0.29) is 17.9 Å². The van der Waals surface area contributed by atoms with Crippen LogP contribution < -0.4 is 4.90 Å². The monoisotopic (exact) mass is 331 g/mol. The zero-order valence-corrected chi connectivity index (χ0v) is 15.3. The first-order valence-corrected chi connectivity index (χ1v) is 8.70. The molecule has 0 saturated carbocycles. The van der Waals surface area contributed by atoms with Gasteiger partial charge in [0.25, 0.3) is 0 Å². The Balaban J connectivity index is 1.92. The molecule has 1 aromatic carbocycles. The van der Waals surface area contributed by atoms with Gasteiger partial charge < -0.3 is 14.7 Å². The third kappa shape index (κ3) is 4.57. The molecular weight excluding hydrogens is 302 g/mol. The van der Waals surface area contributed by atoms with Crippen LogP contribution in [0.5, 0.6) is 0 Å². The second kappa shape index (κ2) is 8.29. The quantitative estimate of drug-likeness (QED) is 0.769. The van der Waals surface area contributed by atoms with E-state index in [0.29, 0.717) is 19.5 Å². The summed E-state index contributed by atoms with van der Waals surface area (Å²) >= 11 is 0.